The molecule has 0 saturated carbocycles. The second-order valence-corrected chi connectivity index (χ2v) is 4.64. The van der Waals surface area contributed by atoms with E-state index in [2.05, 4.69) is 4.98 Å². The largest absolute Gasteiger partial charge is 0.383 e. The second-order valence-electron chi connectivity index (χ2n) is 4.20. The van der Waals surface area contributed by atoms with Gasteiger partial charge in [0.2, 0.25) is 0 Å². The van der Waals surface area contributed by atoms with Crippen LogP contribution in [0.1, 0.15) is 36.0 Å². The average molecular weight is 255 g/mol. The van der Waals surface area contributed by atoms with E-state index < -0.39 is 0 Å². The predicted molar refractivity (Wildman–Crippen MR) is 66.2 cm³/mol. The fourth-order valence-electron chi connectivity index (χ4n) is 1.96. The topological polar surface area (TPSA) is 65.2 Å². The lowest BCUT2D eigenvalue weighted by Gasteiger charge is -2.21. The summed E-state index contributed by atoms with van der Waals surface area (Å²) in [6, 6.07) is 1.56. The first-order chi connectivity index (χ1) is 8.16. The molecule has 1 aliphatic rings. The molecule has 17 heavy (non-hydrogen) atoms. The summed E-state index contributed by atoms with van der Waals surface area (Å²) in [5, 5.41) is 0.423. The minimum absolute atomic E-state index is 0.00892. The minimum atomic E-state index is -0.0515. The smallest absolute Gasteiger partial charge is 0.169 e. The zero-order valence-electron chi connectivity index (χ0n) is 9.49. The highest BCUT2D eigenvalue weighted by Gasteiger charge is 2.20. The second kappa shape index (κ2) is 5.47. The Kier molecular flexibility index (Phi) is 3.97. The van der Waals surface area contributed by atoms with Crippen molar-refractivity contribution < 1.29 is 9.53 Å². The van der Waals surface area contributed by atoms with Crippen LogP contribution in [-0.2, 0) is 4.74 Å². The molecule has 92 valence electrons. The molecule has 4 nitrogen and oxygen atoms in total. The number of ether oxygens (including phenoxy) is 1. The number of pyridine rings is 1. The van der Waals surface area contributed by atoms with Crippen LogP contribution in [-0.4, -0.2) is 23.5 Å². The fourth-order valence-corrected chi connectivity index (χ4v) is 2.12. The Labute approximate surface area is 105 Å². The molecule has 1 aromatic heterocycles. The third-order valence-corrected chi connectivity index (χ3v) is 3.08. The number of Topliss-reactive ketones (excluding diaryl/α,β-unsaturated/α-hetero) is 1. The summed E-state index contributed by atoms with van der Waals surface area (Å²) >= 11 is 5.80. The van der Waals surface area contributed by atoms with E-state index in [-0.39, 0.29) is 17.7 Å². The van der Waals surface area contributed by atoms with Crippen molar-refractivity contribution in [2.24, 2.45) is 0 Å². The van der Waals surface area contributed by atoms with Crippen molar-refractivity contribution in [1.29, 1.82) is 0 Å². The van der Waals surface area contributed by atoms with Crippen molar-refractivity contribution in [1.82, 2.24) is 4.98 Å². The number of hydrogen-bond acceptors (Lipinski definition) is 4. The lowest BCUT2D eigenvalue weighted by molar-refractivity contribution is 0.0129. The summed E-state index contributed by atoms with van der Waals surface area (Å²) in [5.74, 6) is 0.180. The Bertz CT molecular complexity index is 417. The average Bonchev–Trinajstić information content (AvgIpc) is 2.33. The van der Waals surface area contributed by atoms with Crippen molar-refractivity contribution in [2.75, 3.05) is 12.3 Å². The first-order valence-electron chi connectivity index (χ1n) is 5.72. The van der Waals surface area contributed by atoms with Gasteiger partial charge in [-0.1, -0.05) is 11.6 Å². The molecule has 2 heterocycles. The third-order valence-electron chi connectivity index (χ3n) is 2.87. The van der Waals surface area contributed by atoms with Gasteiger partial charge < -0.3 is 10.5 Å². The standard InChI is InChI=1S/C12H15ClN2O2/c13-8-5-10(12(14)15-7-8)11(16)6-9-3-1-2-4-17-9/h5,7,9H,1-4,6H2,(H2,14,15). The molecule has 0 bridgehead atoms. The van der Waals surface area contributed by atoms with E-state index in [9.17, 15) is 4.79 Å². The SMILES string of the molecule is Nc1ncc(Cl)cc1C(=O)CC1CCCCO1. The Balaban J connectivity index is 2.05. The Hall–Kier alpha value is -1.13. The molecule has 2 N–H and O–H groups in total. The van der Waals surface area contributed by atoms with Gasteiger partial charge in [-0.2, -0.15) is 0 Å². The van der Waals surface area contributed by atoms with Gasteiger partial charge in [0.1, 0.15) is 5.82 Å². The van der Waals surface area contributed by atoms with Crippen molar-refractivity contribution >= 4 is 23.2 Å². The van der Waals surface area contributed by atoms with Crippen molar-refractivity contribution in [3.05, 3.63) is 22.8 Å². The van der Waals surface area contributed by atoms with Crippen LogP contribution in [0.2, 0.25) is 5.02 Å². The summed E-state index contributed by atoms with van der Waals surface area (Å²) < 4.78 is 5.53. The number of carbonyl (C=O) groups is 1. The number of aromatic nitrogens is 1. The van der Waals surface area contributed by atoms with Crippen LogP contribution in [0, 0.1) is 0 Å². The molecule has 2 rings (SSSR count). The quantitative estimate of drug-likeness (QED) is 0.842. The maximum Gasteiger partial charge on any atom is 0.169 e. The summed E-state index contributed by atoms with van der Waals surface area (Å²) in [6.45, 7) is 0.737. The lowest BCUT2D eigenvalue weighted by Crippen LogP contribution is -2.23. The highest BCUT2D eigenvalue weighted by atomic mass is 35.5. The normalized spacial score (nSPS) is 20.2. The molecule has 5 heteroatoms. The summed E-state index contributed by atoms with van der Waals surface area (Å²) in [7, 11) is 0. The van der Waals surface area contributed by atoms with Crippen LogP contribution in [0.4, 0.5) is 5.82 Å². The number of nitrogen functional groups attached to an aromatic ring is 1. The van der Waals surface area contributed by atoms with Gasteiger partial charge in [-0.15, -0.1) is 0 Å². The maximum atomic E-state index is 12.0. The number of nitrogens with two attached hydrogens (primary N) is 1. The number of hydrogen-bond donors (Lipinski definition) is 1. The van der Waals surface area contributed by atoms with Gasteiger partial charge in [0.05, 0.1) is 16.7 Å². The molecular weight excluding hydrogens is 240 g/mol. The highest BCUT2D eigenvalue weighted by Crippen LogP contribution is 2.21. The van der Waals surface area contributed by atoms with Gasteiger partial charge in [-0.25, -0.2) is 4.98 Å². The molecule has 1 unspecified atom stereocenters. The third kappa shape index (κ3) is 3.17. The van der Waals surface area contributed by atoms with Crippen LogP contribution in [0.3, 0.4) is 0 Å². The van der Waals surface area contributed by atoms with Crippen LogP contribution in [0.25, 0.3) is 0 Å². The monoisotopic (exact) mass is 254 g/mol. The molecule has 0 amide bonds. The molecular formula is C12H15ClN2O2. The van der Waals surface area contributed by atoms with Crippen LogP contribution < -0.4 is 5.73 Å². The molecule has 1 saturated heterocycles. The molecule has 0 radical (unpaired) electrons. The van der Waals surface area contributed by atoms with Crippen molar-refractivity contribution in [2.45, 2.75) is 31.8 Å². The predicted octanol–water partition coefficient (Wildman–Crippen LogP) is 2.46. The van der Waals surface area contributed by atoms with Crippen LogP contribution in [0.5, 0.6) is 0 Å². The van der Waals surface area contributed by atoms with Crippen molar-refractivity contribution in [3.63, 3.8) is 0 Å². The van der Waals surface area contributed by atoms with E-state index in [1.54, 1.807) is 6.07 Å². The van der Waals surface area contributed by atoms with E-state index in [1.807, 2.05) is 0 Å². The molecule has 1 aromatic rings. The van der Waals surface area contributed by atoms with Crippen LogP contribution in [0.15, 0.2) is 12.3 Å². The highest BCUT2D eigenvalue weighted by molar-refractivity contribution is 6.31. The Morgan fingerprint density at radius 3 is 3.12 bits per heavy atom. The van der Waals surface area contributed by atoms with Crippen LogP contribution >= 0.6 is 11.6 Å². The molecule has 1 atom stereocenters. The van der Waals surface area contributed by atoms with E-state index >= 15 is 0 Å². The Morgan fingerprint density at radius 2 is 2.41 bits per heavy atom. The summed E-state index contributed by atoms with van der Waals surface area (Å²) in [5.41, 5.74) is 6.06. The number of anilines is 1. The molecule has 1 aliphatic heterocycles. The van der Waals surface area contributed by atoms with E-state index in [0.29, 0.717) is 17.0 Å². The van der Waals surface area contributed by atoms with Gasteiger partial charge in [-0.3, -0.25) is 4.79 Å². The van der Waals surface area contributed by atoms with Gasteiger partial charge in [0.15, 0.2) is 5.78 Å². The van der Waals surface area contributed by atoms with Gasteiger partial charge in [0, 0.05) is 19.2 Å². The van der Waals surface area contributed by atoms with Crippen molar-refractivity contribution in [3.8, 4) is 0 Å². The number of carbonyl (C=O) groups excluding carboxylic acids is 1. The molecule has 0 aromatic carbocycles. The van der Waals surface area contributed by atoms with E-state index in [0.717, 1.165) is 25.9 Å². The number of ketones is 1. The maximum absolute atomic E-state index is 12.0. The van der Waals surface area contributed by atoms with Gasteiger partial charge in [0.25, 0.3) is 0 Å². The summed E-state index contributed by atoms with van der Waals surface area (Å²) in [6.07, 6.45) is 4.92. The lowest BCUT2D eigenvalue weighted by atomic mass is 10.0. The molecule has 0 aliphatic carbocycles. The number of halogens is 1. The Morgan fingerprint density at radius 1 is 1.59 bits per heavy atom. The molecule has 0 spiro atoms. The fraction of sp³-hybridized carbons (Fsp3) is 0.500. The summed E-state index contributed by atoms with van der Waals surface area (Å²) in [4.78, 5) is 15.9. The number of nitrogens with zero attached hydrogens (tertiary/aromatic N) is 1. The van der Waals surface area contributed by atoms with E-state index in [4.69, 9.17) is 22.1 Å². The number of rotatable bonds is 3. The van der Waals surface area contributed by atoms with Gasteiger partial charge in [-0.05, 0) is 25.3 Å². The molecule has 1 fully saturated rings. The zero-order valence-corrected chi connectivity index (χ0v) is 10.2. The zero-order chi connectivity index (χ0) is 12.3. The first kappa shape index (κ1) is 12.3. The first-order valence-corrected chi connectivity index (χ1v) is 6.10. The minimum Gasteiger partial charge on any atom is -0.383 e. The van der Waals surface area contributed by atoms with Gasteiger partial charge >= 0.3 is 0 Å². The van der Waals surface area contributed by atoms with E-state index in [1.165, 1.54) is 6.20 Å².